The van der Waals surface area contributed by atoms with Gasteiger partial charge < -0.3 is 25.6 Å². The van der Waals surface area contributed by atoms with Gasteiger partial charge in [0.05, 0.1) is 12.5 Å². The molecule has 3 aromatic rings. The van der Waals surface area contributed by atoms with Crippen molar-refractivity contribution in [2.75, 3.05) is 18.5 Å². The summed E-state index contributed by atoms with van der Waals surface area (Å²) < 4.78 is 5.49. The molecule has 174 valence electrons. The highest BCUT2D eigenvalue weighted by Crippen LogP contribution is 2.44. The molecule has 2 unspecified atom stereocenters. The molecule has 1 aliphatic heterocycles. The van der Waals surface area contributed by atoms with Crippen LogP contribution < -0.4 is 10.6 Å². The Balaban J connectivity index is 1.12. The maximum Gasteiger partial charge on any atom is 0.407 e. The van der Waals surface area contributed by atoms with Crippen LogP contribution in [0.25, 0.3) is 11.1 Å². The standard InChI is InChI=1S/C27H26N2O5/c30-24(26(32)16-9-10-23-17(13-16)14-25(31)29-23)11-12-28-27(33)34-15-22-20-7-3-1-5-18(20)19-6-2-4-8-21(19)22/h1-10,13,22,24,26,30,32H,11-12,14-15H2,(H,28,33)(H,29,31). The molecule has 34 heavy (non-hydrogen) atoms. The molecule has 5 rings (SSSR count). The number of ether oxygens (including phenoxy) is 1. The Morgan fingerprint density at radius 2 is 1.71 bits per heavy atom. The van der Waals surface area contributed by atoms with E-state index in [9.17, 15) is 19.8 Å². The molecule has 0 fully saturated rings. The van der Waals surface area contributed by atoms with E-state index in [1.54, 1.807) is 18.2 Å². The number of aliphatic hydroxyl groups is 2. The van der Waals surface area contributed by atoms with Crippen molar-refractivity contribution >= 4 is 17.7 Å². The highest BCUT2D eigenvalue weighted by atomic mass is 16.5. The predicted molar refractivity (Wildman–Crippen MR) is 127 cm³/mol. The fourth-order valence-corrected chi connectivity index (χ4v) is 4.78. The summed E-state index contributed by atoms with van der Waals surface area (Å²) in [6.45, 7) is 0.368. The van der Waals surface area contributed by atoms with Crippen LogP contribution in [0.3, 0.4) is 0 Å². The van der Waals surface area contributed by atoms with Crippen molar-refractivity contribution in [3.63, 3.8) is 0 Å². The molecule has 1 aliphatic carbocycles. The van der Waals surface area contributed by atoms with Crippen molar-refractivity contribution in [1.29, 1.82) is 0 Å². The molecule has 2 amide bonds. The van der Waals surface area contributed by atoms with Crippen LogP contribution in [0.5, 0.6) is 0 Å². The van der Waals surface area contributed by atoms with Crippen LogP contribution in [0.1, 0.15) is 40.7 Å². The van der Waals surface area contributed by atoms with E-state index in [-0.39, 0.29) is 37.8 Å². The van der Waals surface area contributed by atoms with Crippen molar-refractivity contribution in [2.45, 2.75) is 31.0 Å². The first kappa shape index (κ1) is 22.1. The van der Waals surface area contributed by atoms with Crippen LogP contribution in [0.15, 0.2) is 66.7 Å². The van der Waals surface area contributed by atoms with Crippen LogP contribution in [0, 0.1) is 0 Å². The number of aliphatic hydroxyl groups excluding tert-OH is 2. The first-order valence-electron chi connectivity index (χ1n) is 11.4. The fraction of sp³-hybridized carbons (Fsp3) is 0.259. The van der Waals surface area contributed by atoms with Crippen LogP contribution in [0.2, 0.25) is 0 Å². The molecule has 0 radical (unpaired) electrons. The van der Waals surface area contributed by atoms with Crippen molar-refractivity contribution in [3.05, 3.63) is 89.0 Å². The zero-order chi connectivity index (χ0) is 23.7. The number of alkyl carbamates (subject to hydrolysis) is 1. The normalized spacial score (nSPS) is 15.6. The van der Waals surface area contributed by atoms with Gasteiger partial charge in [-0.1, -0.05) is 60.7 Å². The molecule has 0 saturated heterocycles. The largest absolute Gasteiger partial charge is 0.449 e. The van der Waals surface area contributed by atoms with E-state index in [0.717, 1.165) is 33.5 Å². The van der Waals surface area contributed by atoms with Crippen LogP contribution >= 0.6 is 0 Å². The van der Waals surface area contributed by atoms with E-state index in [1.165, 1.54) is 0 Å². The summed E-state index contributed by atoms with van der Waals surface area (Å²) in [7, 11) is 0. The Labute approximate surface area is 197 Å². The lowest BCUT2D eigenvalue weighted by Crippen LogP contribution is -2.30. The second kappa shape index (κ2) is 9.29. The van der Waals surface area contributed by atoms with Crippen molar-refractivity contribution in [2.24, 2.45) is 0 Å². The van der Waals surface area contributed by atoms with E-state index in [0.29, 0.717) is 5.56 Å². The zero-order valence-electron chi connectivity index (χ0n) is 18.5. The zero-order valence-corrected chi connectivity index (χ0v) is 18.5. The molecule has 0 aromatic heterocycles. The number of rotatable bonds is 7. The van der Waals surface area contributed by atoms with Crippen molar-refractivity contribution < 1.29 is 24.5 Å². The lowest BCUT2D eigenvalue weighted by atomic mass is 9.98. The summed E-state index contributed by atoms with van der Waals surface area (Å²) in [6.07, 6.45) is -2.34. The first-order chi connectivity index (χ1) is 16.5. The molecule has 3 aromatic carbocycles. The Hall–Kier alpha value is -3.68. The summed E-state index contributed by atoms with van der Waals surface area (Å²) in [5.74, 6) is -0.110. The molecular weight excluding hydrogens is 432 g/mol. The fourth-order valence-electron chi connectivity index (χ4n) is 4.78. The van der Waals surface area contributed by atoms with E-state index >= 15 is 0 Å². The molecular formula is C27H26N2O5. The van der Waals surface area contributed by atoms with Gasteiger partial charge in [0.25, 0.3) is 0 Å². The third-order valence-corrected chi connectivity index (χ3v) is 6.51. The molecule has 1 heterocycles. The lowest BCUT2D eigenvalue weighted by molar-refractivity contribution is -0.115. The van der Waals surface area contributed by atoms with Gasteiger partial charge in [0.15, 0.2) is 0 Å². The minimum Gasteiger partial charge on any atom is -0.449 e. The Morgan fingerprint density at radius 3 is 2.41 bits per heavy atom. The summed E-state index contributed by atoms with van der Waals surface area (Å²) in [5, 5.41) is 26.3. The number of carbonyl (C=O) groups is 2. The monoisotopic (exact) mass is 458 g/mol. The van der Waals surface area contributed by atoms with Gasteiger partial charge in [0.2, 0.25) is 5.91 Å². The Bertz CT molecular complexity index is 1200. The Morgan fingerprint density at radius 1 is 1.03 bits per heavy atom. The number of hydrogen-bond acceptors (Lipinski definition) is 5. The quantitative estimate of drug-likeness (QED) is 0.433. The topological polar surface area (TPSA) is 108 Å². The molecule has 7 heteroatoms. The molecule has 2 atom stereocenters. The number of anilines is 1. The molecule has 0 bridgehead atoms. The second-order valence-electron chi connectivity index (χ2n) is 8.69. The minimum absolute atomic E-state index is 0.0215. The van der Waals surface area contributed by atoms with E-state index in [2.05, 4.69) is 34.9 Å². The average molecular weight is 459 g/mol. The Kier molecular flexibility index (Phi) is 6.04. The summed E-state index contributed by atoms with van der Waals surface area (Å²) >= 11 is 0. The van der Waals surface area contributed by atoms with Gasteiger partial charge in [0.1, 0.15) is 12.7 Å². The van der Waals surface area contributed by atoms with Gasteiger partial charge in [0, 0.05) is 18.2 Å². The number of amides is 2. The molecule has 4 N–H and O–H groups in total. The number of benzene rings is 3. The second-order valence-corrected chi connectivity index (χ2v) is 8.69. The average Bonchev–Trinajstić information content (AvgIpc) is 3.38. The van der Waals surface area contributed by atoms with Gasteiger partial charge in [-0.15, -0.1) is 0 Å². The van der Waals surface area contributed by atoms with E-state index in [1.807, 2.05) is 24.3 Å². The summed E-state index contributed by atoms with van der Waals surface area (Å²) in [5.41, 5.74) is 6.66. The number of fused-ring (bicyclic) bond motifs is 4. The summed E-state index contributed by atoms with van der Waals surface area (Å²) in [6, 6.07) is 21.4. The highest BCUT2D eigenvalue weighted by Gasteiger charge is 2.29. The van der Waals surface area contributed by atoms with Crippen molar-refractivity contribution in [3.8, 4) is 11.1 Å². The molecule has 0 saturated carbocycles. The van der Waals surface area contributed by atoms with Gasteiger partial charge in [-0.25, -0.2) is 4.79 Å². The number of hydrogen-bond donors (Lipinski definition) is 4. The van der Waals surface area contributed by atoms with Crippen LogP contribution in [0.4, 0.5) is 10.5 Å². The molecule has 0 spiro atoms. The highest BCUT2D eigenvalue weighted by molar-refractivity contribution is 5.99. The third-order valence-electron chi connectivity index (χ3n) is 6.51. The number of carbonyl (C=O) groups excluding carboxylic acids is 2. The van der Waals surface area contributed by atoms with Crippen LogP contribution in [-0.2, 0) is 16.0 Å². The SMILES string of the molecule is O=C1Cc2cc(C(O)C(O)CCNC(=O)OCC3c4ccccc4-c4ccccc43)ccc2N1. The molecule has 7 nitrogen and oxygen atoms in total. The first-order valence-corrected chi connectivity index (χ1v) is 11.4. The van der Waals surface area contributed by atoms with Gasteiger partial charge in [-0.05, 0) is 45.9 Å². The maximum atomic E-state index is 12.3. The smallest absolute Gasteiger partial charge is 0.407 e. The lowest BCUT2D eigenvalue weighted by Gasteiger charge is -2.19. The summed E-state index contributed by atoms with van der Waals surface area (Å²) in [4.78, 5) is 23.8. The minimum atomic E-state index is -1.12. The van der Waals surface area contributed by atoms with Gasteiger partial charge >= 0.3 is 6.09 Å². The van der Waals surface area contributed by atoms with E-state index in [4.69, 9.17) is 4.74 Å². The van der Waals surface area contributed by atoms with Gasteiger partial charge in [-0.2, -0.15) is 0 Å². The van der Waals surface area contributed by atoms with E-state index < -0.39 is 18.3 Å². The third kappa shape index (κ3) is 4.27. The van der Waals surface area contributed by atoms with Crippen molar-refractivity contribution in [1.82, 2.24) is 5.32 Å². The predicted octanol–water partition coefficient (Wildman–Crippen LogP) is 3.50. The van der Waals surface area contributed by atoms with Crippen LogP contribution in [-0.4, -0.2) is 41.5 Å². The maximum absolute atomic E-state index is 12.3. The number of nitrogens with one attached hydrogen (secondary N) is 2. The molecule has 2 aliphatic rings. The van der Waals surface area contributed by atoms with Gasteiger partial charge in [-0.3, -0.25) is 4.79 Å².